The summed E-state index contributed by atoms with van der Waals surface area (Å²) in [4.78, 5) is 3.82. The van der Waals surface area contributed by atoms with Crippen LogP contribution in [0.3, 0.4) is 0 Å². The number of hydrogen-bond acceptors (Lipinski definition) is 3. The molecule has 0 saturated heterocycles. The van der Waals surface area contributed by atoms with Crippen LogP contribution in [0.1, 0.15) is 43.9 Å². The molecule has 1 aromatic heterocycles. The SMILES string of the molecule is CCC(CC)(c1ccccc1)C(NN)c1ccncc1F. The molecule has 2 aromatic rings. The van der Waals surface area contributed by atoms with Gasteiger partial charge in [-0.25, -0.2) is 4.39 Å². The van der Waals surface area contributed by atoms with Gasteiger partial charge in [0.05, 0.1) is 12.2 Å². The molecule has 1 heterocycles. The van der Waals surface area contributed by atoms with E-state index in [4.69, 9.17) is 5.84 Å². The average Bonchev–Trinajstić information content (AvgIpc) is 2.55. The first-order valence-corrected chi connectivity index (χ1v) is 7.30. The van der Waals surface area contributed by atoms with Gasteiger partial charge in [-0.15, -0.1) is 0 Å². The van der Waals surface area contributed by atoms with Crippen molar-refractivity contribution in [2.24, 2.45) is 5.84 Å². The Hall–Kier alpha value is -1.78. The topological polar surface area (TPSA) is 50.9 Å². The van der Waals surface area contributed by atoms with E-state index in [0.717, 1.165) is 18.4 Å². The molecule has 0 aliphatic carbocycles. The van der Waals surface area contributed by atoms with Crippen molar-refractivity contribution >= 4 is 0 Å². The zero-order chi connectivity index (χ0) is 15.3. The maximum absolute atomic E-state index is 14.2. The van der Waals surface area contributed by atoms with E-state index in [2.05, 4.69) is 36.4 Å². The lowest BCUT2D eigenvalue weighted by molar-refractivity contribution is 0.270. The molecular weight excluding hydrogens is 265 g/mol. The molecule has 0 amide bonds. The molecule has 0 bridgehead atoms. The van der Waals surface area contributed by atoms with Crippen LogP contribution in [0.25, 0.3) is 0 Å². The standard InChI is InChI=1S/C17H22FN3/c1-3-17(4-2,13-8-6-5-7-9-13)16(21-19)14-10-11-20-12-15(14)18/h5-12,16,21H,3-4,19H2,1-2H3. The molecule has 21 heavy (non-hydrogen) atoms. The summed E-state index contributed by atoms with van der Waals surface area (Å²) in [6.07, 6.45) is 4.54. The minimum Gasteiger partial charge on any atom is -0.271 e. The molecule has 3 N–H and O–H groups in total. The van der Waals surface area contributed by atoms with Crippen LogP contribution in [0.2, 0.25) is 0 Å². The number of nitrogens with one attached hydrogen (secondary N) is 1. The third-order valence-corrected chi connectivity index (χ3v) is 4.44. The van der Waals surface area contributed by atoms with E-state index in [1.54, 1.807) is 12.3 Å². The van der Waals surface area contributed by atoms with Gasteiger partial charge in [0.1, 0.15) is 5.82 Å². The van der Waals surface area contributed by atoms with Gasteiger partial charge in [0.15, 0.2) is 0 Å². The lowest BCUT2D eigenvalue weighted by atomic mass is 9.68. The summed E-state index contributed by atoms with van der Waals surface area (Å²) in [5, 5.41) is 0. The van der Waals surface area contributed by atoms with Crippen molar-refractivity contribution in [3.63, 3.8) is 0 Å². The van der Waals surface area contributed by atoms with Gasteiger partial charge in [0, 0.05) is 17.2 Å². The van der Waals surface area contributed by atoms with Crippen LogP contribution >= 0.6 is 0 Å². The maximum Gasteiger partial charge on any atom is 0.146 e. The molecule has 1 unspecified atom stereocenters. The number of halogens is 1. The van der Waals surface area contributed by atoms with Gasteiger partial charge in [-0.05, 0) is 24.5 Å². The summed E-state index contributed by atoms with van der Waals surface area (Å²) in [7, 11) is 0. The molecule has 1 atom stereocenters. The Balaban J connectivity index is 2.57. The van der Waals surface area contributed by atoms with Gasteiger partial charge >= 0.3 is 0 Å². The van der Waals surface area contributed by atoms with E-state index in [1.807, 2.05) is 18.2 Å². The van der Waals surface area contributed by atoms with Crippen LogP contribution in [0.15, 0.2) is 48.8 Å². The van der Waals surface area contributed by atoms with Crippen molar-refractivity contribution in [3.8, 4) is 0 Å². The molecule has 0 saturated carbocycles. The van der Waals surface area contributed by atoms with Crippen molar-refractivity contribution in [2.75, 3.05) is 0 Å². The number of rotatable bonds is 6. The fourth-order valence-electron chi connectivity index (χ4n) is 3.17. The quantitative estimate of drug-likeness (QED) is 0.631. The summed E-state index contributed by atoms with van der Waals surface area (Å²) in [5.74, 6) is 5.48. The summed E-state index contributed by atoms with van der Waals surface area (Å²) < 4.78 is 14.2. The van der Waals surface area contributed by atoms with Crippen LogP contribution in [-0.4, -0.2) is 4.98 Å². The Kier molecular flexibility index (Phi) is 5.04. The number of hydrogen-bond donors (Lipinski definition) is 2. The van der Waals surface area contributed by atoms with Crippen molar-refractivity contribution < 1.29 is 4.39 Å². The number of pyridine rings is 1. The molecule has 0 fully saturated rings. The van der Waals surface area contributed by atoms with E-state index < -0.39 is 0 Å². The number of benzene rings is 1. The maximum atomic E-state index is 14.2. The second-order valence-electron chi connectivity index (χ2n) is 5.23. The molecule has 4 heteroatoms. The van der Waals surface area contributed by atoms with Crippen molar-refractivity contribution in [1.82, 2.24) is 10.4 Å². The van der Waals surface area contributed by atoms with Crippen LogP contribution < -0.4 is 11.3 Å². The second-order valence-corrected chi connectivity index (χ2v) is 5.23. The number of aromatic nitrogens is 1. The predicted octanol–water partition coefficient (Wildman–Crippen LogP) is 3.48. The van der Waals surface area contributed by atoms with Gasteiger partial charge in [-0.2, -0.15) is 0 Å². The minimum absolute atomic E-state index is 0.266. The first-order chi connectivity index (χ1) is 10.2. The summed E-state index contributed by atoms with van der Waals surface area (Å²) in [6, 6.07) is 11.5. The third-order valence-electron chi connectivity index (χ3n) is 4.44. The van der Waals surface area contributed by atoms with E-state index in [-0.39, 0.29) is 17.3 Å². The minimum atomic E-state index is -0.331. The monoisotopic (exact) mass is 287 g/mol. The highest BCUT2D eigenvalue weighted by atomic mass is 19.1. The third kappa shape index (κ3) is 2.82. The second kappa shape index (κ2) is 6.78. The number of nitrogens with zero attached hydrogens (tertiary/aromatic N) is 1. The summed E-state index contributed by atoms with van der Waals surface area (Å²) in [6.45, 7) is 4.22. The Morgan fingerprint density at radius 3 is 2.38 bits per heavy atom. The molecule has 0 radical (unpaired) electrons. The number of hydrazine groups is 1. The van der Waals surface area contributed by atoms with Crippen LogP contribution in [0, 0.1) is 5.82 Å². The Bertz CT molecular complexity index is 567. The first-order valence-electron chi connectivity index (χ1n) is 7.30. The van der Waals surface area contributed by atoms with Crippen molar-refractivity contribution in [1.29, 1.82) is 0 Å². The Labute approximate surface area is 125 Å². The van der Waals surface area contributed by atoms with Crippen LogP contribution in [-0.2, 0) is 5.41 Å². The van der Waals surface area contributed by atoms with Crippen molar-refractivity contribution in [2.45, 2.75) is 38.1 Å². The zero-order valence-electron chi connectivity index (χ0n) is 12.5. The molecule has 0 aliphatic rings. The van der Waals surface area contributed by atoms with E-state index in [0.29, 0.717) is 5.56 Å². The highest BCUT2D eigenvalue weighted by molar-refractivity contribution is 5.33. The van der Waals surface area contributed by atoms with Crippen LogP contribution in [0.4, 0.5) is 4.39 Å². The fraction of sp³-hybridized carbons (Fsp3) is 0.353. The van der Waals surface area contributed by atoms with Gasteiger partial charge in [0.25, 0.3) is 0 Å². The van der Waals surface area contributed by atoms with Gasteiger partial charge < -0.3 is 0 Å². The normalized spacial score (nSPS) is 13.1. The molecule has 0 aliphatic heterocycles. The first kappa shape index (κ1) is 15.6. The highest BCUT2D eigenvalue weighted by Gasteiger charge is 2.39. The highest BCUT2D eigenvalue weighted by Crippen LogP contribution is 2.43. The van der Waals surface area contributed by atoms with Crippen LogP contribution in [0.5, 0.6) is 0 Å². The smallest absolute Gasteiger partial charge is 0.146 e. The van der Waals surface area contributed by atoms with Gasteiger partial charge in [-0.1, -0.05) is 44.2 Å². The van der Waals surface area contributed by atoms with E-state index >= 15 is 0 Å². The zero-order valence-corrected chi connectivity index (χ0v) is 12.5. The van der Waals surface area contributed by atoms with Gasteiger partial charge in [0.2, 0.25) is 0 Å². The molecular formula is C17H22FN3. The average molecular weight is 287 g/mol. The molecule has 3 nitrogen and oxygen atoms in total. The number of nitrogens with two attached hydrogens (primary N) is 1. The van der Waals surface area contributed by atoms with Gasteiger partial charge in [-0.3, -0.25) is 16.3 Å². The lowest BCUT2D eigenvalue weighted by Crippen LogP contribution is -2.44. The fourth-order valence-corrected chi connectivity index (χ4v) is 3.17. The predicted molar refractivity (Wildman–Crippen MR) is 83.0 cm³/mol. The largest absolute Gasteiger partial charge is 0.271 e. The molecule has 0 spiro atoms. The van der Waals surface area contributed by atoms with E-state index in [9.17, 15) is 4.39 Å². The molecule has 1 aromatic carbocycles. The molecule has 2 rings (SSSR count). The summed E-state index contributed by atoms with van der Waals surface area (Å²) >= 11 is 0. The Morgan fingerprint density at radius 1 is 1.19 bits per heavy atom. The van der Waals surface area contributed by atoms with E-state index in [1.165, 1.54) is 6.20 Å². The molecule has 112 valence electrons. The summed E-state index contributed by atoms with van der Waals surface area (Å²) in [5.41, 5.74) is 4.28. The Morgan fingerprint density at radius 2 is 1.86 bits per heavy atom. The lowest BCUT2D eigenvalue weighted by Gasteiger charge is -2.40. The van der Waals surface area contributed by atoms with Crippen molar-refractivity contribution in [3.05, 3.63) is 65.7 Å².